The molecule has 0 radical (unpaired) electrons. The molecule has 0 fully saturated rings. The SMILES string of the molecule is C#CCOc1ccc(Br)cc1C=Nn1c(-c2cc3cc(Cl)ccc3o2)nc2ccccc2c1=O. The van der Waals surface area contributed by atoms with E-state index in [1.165, 1.54) is 10.9 Å². The highest BCUT2D eigenvalue weighted by molar-refractivity contribution is 9.10. The van der Waals surface area contributed by atoms with Gasteiger partial charge in [-0.25, -0.2) is 4.98 Å². The number of halogens is 2. The molecule has 8 heteroatoms. The monoisotopic (exact) mass is 531 g/mol. The van der Waals surface area contributed by atoms with Gasteiger partial charge in [-0.2, -0.15) is 9.78 Å². The first-order chi connectivity index (χ1) is 16.5. The Hall–Kier alpha value is -3.86. The summed E-state index contributed by atoms with van der Waals surface area (Å²) in [6.45, 7) is 0.104. The van der Waals surface area contributed by atoms with Crippen molar-refractivity contribution < 1.29 is 9.15 Å². The van der Waals surface area contributed by atoms with Crippen LogP contribution < -0.4 is 10.3 Å². The zero-order chi connectivity index (χ0) is 23.7. The minimum Gasteiger partial charge on any atom is -0.480 e. The quantitative estimate of drug-likeness (QED) is 0.202. The molecule has 0 spiro atoms. The van der Waals surface area contributed by atoms with Crippen molar-refractivity contribution in [1.82, 2.24) is 9.66 Å². The number of para-hydroxylation sites is 1. The summed E-state index contributed by atoms with van der Waals surface area (Å²) >= 11 is 9.58. The summed E-state index contributed by atoms with van der Waals surface area (Å²) in [6, 6.07) is 19.6. The fraction of sp³-hybridized carbons (Fsp3) is 0.0385. The van der Waals surface area contributed by atoms with Crippen LogP contribution in [0.4, 0.5) is 0 Å². The van der Waals surface area contributed by atoms with Crippen LogP contribution in [0.5, 0.6) is 5.75 Å². The Balaban J connectivity index is 1.70. The van der Waals surface area contributed by atoms with E-state index in [2.05, 4.69) is 31.9 Å². The molecule has 0 saturated carbocycles. The molecule has 0 bridgehead atoms. The molecule has 6 nitrogen and oxygen atoms in total. The van der Waals surface area contributed by atoms with Gasteiger partial charge in [0.1, 0.15) is 17.9 Å². The molecule has 5 aromatic rings. The number of fused-ring (bicyclic) bond motifs is 2. The van der Waals surface area contributed by atoms with Crippen LogP contribution in [0.3, 0.4) is 0 Å². The van der Waals surface area contributed by atoms with Crippen LogP contribution in [-0.2, 0) is 0 Å². The molecule has 2 aromatic heterocycles. The summed E-state index contributed by atoms with van der Waals surface area (Å²) in [7, 11) is 0. The van der Waals surface area contributed by atoms with Crippen molar-refractivity contribution in [2.75, 3.05) is 6.61 Å². The van der Waals surface area contributed by atoms with Crippen LogP contribution in [-0.4, -0.2) is 22.5 Å². The van der Waals surface area contributed by atoms with Crippen LogP contribution in [0.1, 0.15) is 5.56 Å². The van der Waals surface area contributed by atoms with Crippen molar-refractivity contribution in [3.05, 3.63) is 92.1 Å². The van der Waals surface area contributed by atoms with Gasteiger partial charge in [0.05, 0.1) is 17.1 Å². The molecular weight excluding hydrogens is 518 g/mol. The maximum atomic E-state index is 13.4. The van der Waals surface area contributed by atoms with Crippen LogP contribution in [0.15, 0.2) is 85.5 Å². The second-order valence-electron chi connectivity index (χ2n) is 7.28. The molecule has 5 rings (SSSR count). The molecule has 34 heavy (non-hydrogen) atoms. The van der Waals surface area contributed by atoms with E-state index in [-0.39, 0.29) is 18.0 Å². The number of furan rings is 1. The van der Waals surface area contributed by atoms with E-state index in [1.54, 1.807) is 48.5 Å². The molecule has 2 heterocycles. The highest BCUT2D eigenvalue weighted by atomic mass is 79.9. The third-order valence-electron chi connectivity index (χ3n) is 5.05. The van der Waals surface area contributed by atoms with Crippen molar-refractivity contribution in [1.29, 1.82) is 0 Å². The van der Waals surface area contributed by atoms with E-state index in [9.17, 15) is 4.79 Å². The third-order valence-corrected chi connectivity index (χ3v) is 5.78. The van der Waals surface area contributed by atoms with Crippen LogP contribution >= 0.6 is 27.5 Å². The molecule has 0 atom stereocenters. The van der Waals surface area contributed by atoms with Crippen molar-refractivity contribution in [3.63, 3.8) is 0 Å². The number of rotatable bonds is 5. The minimum absolute atomic E-state index is 0.104. The number of hydrogen-bond acceptors (Lipinski definition) is 5. The normalized spacial score (nSPS) is 11.3. The molecule has 166 valence electrons. The lowest BCUT2D eigenvalue weighted by atomic mass is 10.2. The maximum absolute atomic E-state index is 13.4. The Bertz CT molecular complexity index is 1680. The van der Waals surface area contributed by atoms with E-state index in [1.807, 2.05) is 18.2 Å². The maximum Gasteiger partial charge on any atom is 0.282 e. The minimum atomic E-state index is -0.337. The number of ether oxygens (including phenoxy) is 1. The van der Waals surface area contributed by atoms with Gasteiger partial charge >= 0.3 is 0 Å². The van der Waals surface area contributed by atoms with Crippen molar-refractivity contribution in [3.8, 4) is 29.7 Å². The first-order valence-electron chi connectivity index (χ1n) is 10.1. The zero-order valence-corrected chi connectivity index (χ0v) is 19.9. The van der Waals surface area contributed by atoms with E-state index in [0.29, 0.717) is 38.6 Å². The standard InChI is InChI=1S/C26H15BrClN3O3/c1-2-11-33-22-9-7-18(27)12-17(22)15-29-31-25(30-21-6-4-3-5-20(21)26(31)32)24-14-16-13-19(28)8-10-23(16)34-24/h1,3-10,12-15H,11H2. The van der Waals surface area contributed by atoms with Crippen molar-refractivity contribution in [2.45, 2.75) is 0 Å². The largest absolute Gasteiger partial charge is 0.480 e. The summed E-state index contributed by atoms with van der Waals surface area (Å²) in [6.07, 6.45) is 6.85. The lowest BCUT2D eigenvalue weighted by Crippen LogP contribution is -2.20. The second kappa shape index (κ2) is 9.18. The molecule has 0 aliphatic heterocycles. The Morgan fingerprint density at radius 1 is 1.18 bits per heavy atom. The van der Waals surface area contributed by atoms with E-state index in [4.69, 9.17) is 27.2 Å². The molecular formula is C26H15BrClN3O3. The number of hydrogen-bond donors (Lipinski definition) is 0. The Kier molecular flexibility index (Phi) is 5.93. The Morgan fingerprint density at radius 3 is 2.88 bits per heavy atom. The fourth-order valence-electron chi connectivity index (χ4n) is 3.51. The lowest BCUT2D eigenvalue weighted by molar-refractivity contribution is 0.370. The summed E-state index contributed by atoms with van der Waals surface area (Å²) in [5.41, 5.74) is 1.45. The van der Waals surface area contributed by atoms with Gasteiger partial charge in [0, 0.05) is 20.4 Å². The van der Waals surface area contributed by atoms with Gasteiger partial charge in [-0.15, -0.1) is 6.42 Å². The molecule has 0 aliphatic carbocycles. The molecule has 0 unspecified atom stereocenters. The predicted octanol–water partition coefficient (Wildman–Crippen LogP) is 6.12. The van der Waals surface area contributed by atoms with Gasteiger partial charge in [0.25, 0.3) is 5.56 Å². The highest BCUT2D eigenvalue weighted by Crippen LogP contribution is 2.29. The number of terminal acetylenes is 1. The van der Waals surface area contributed by atoms with E-state index < -0.39 is 0 Å². The van der Waals surface area contributed by atoms with Gasteiger partial charge in [-0.3, -0.25) is 4.79 Å². The molecule has 3 aromatic carbocycles. The Labute approximate surface area is 207 Å². The van der Waals surface area contributed by atoms with Gasteiger partial charge < -0.3 is 9.15 Å². The number of nitrogens with zero attached hydrogens (tertiary/aromatic N) is 3. The highest BCUT2D eigenvalue weighted by Gasteiger charge is 2.17. The zero-order valence-electron chi connectivity index (χ0n) is 17.5. The topological polar surface area (TPSA) is 69.6 Å². The summed E-state index contributed by atoms with van der Waals surface area (Å²) in [4.78, 5) is 18.1. The first kappa shape index (κ1) is 22.0. The van der Waals surface area contributed by atoms with Crippen molar-refractivity contribution in [2.24, 2.45) is 5.10 Å². The van der Waals surface area contributed by atoms with Gasteiger partial charge in [-0.05, 0) is 54.6 Å². The van der Waals surface area contributed by atoms with Gasteiger partial charge in [0.2, 0.25) is 5.82 Å². The van der Waals surface area contributed by atoms with Crippen LogP contribution in [0, 0.1) is 12.3 Å². The van der Waals surface area contributed by atoms with Crippen molar-refractivity contribution >= 4 is 55.6 Å². The van der Waals surface area contributed by atoms with Gasteiger partial charge in [0.15, 0.2) is 5.76 Å². The summed E-state index contributed by atoms with van der Waals surface area (Å²) in [5, 5.41) is 6.28. The molecule has 0 aliphatic rings. The first-order valence-corrected chi connectivity index (χ1v) is 11.3. The average Bonchev–Trinajstić information content (AvgIpc) is 3.26. The number of benzene rings is 3. The van der Waals surface area contributed by atoms with E-state index >= 15 is 0 Å². The smallest absolute Gasteiger partial charge is 0.282 e. The van der Waals surface area contributed by atoms with E-state index in [0.717, 1.165) is 9.86 Å². The predicted molar refractivity (Wildman–Crippen MR) is 138 cm³/mol. The molecule has 0 amide bonds. The van der Waals surface area contributed by atoms with Gasteiger partial charge in [-0.1, -0.05) is 45.6 Å². The number of aromatic nitrogens is 2. The second-order valence-corrected chi connectivity index (χ2v) is 8.63. The summed E-state index contributed by atoms with van der Waals surface area (Å²) in [5.74, 6) is 3.62. The molecule has 0 saturated heterocycles. The van der Waals surface area contributed by atoms with Crippen LogP contribution in [0.25, 0.3) is 33.5 Å². The Morgan fingerprint density at radius 2 is 2.03 bits per heavy atom. The lowest BCUT2D eigenvalue weighted by Gasteiger charge is -2.09. The van der Waals surface area contributed by atoms with Crippen LogP contribution in [0.2, 0.25) is 5.02 Å². The molecule has 0 N–H and O–H groups in total. The fourth-order valence-corrected chi connectivity index (χ4v) is 4.07. The average molecular weight is 533 g/mol. The third kappa shape index (κ3) is 4.21. The summed E-state index contributed by atoms with van der Waals surface area (Å²) < 4.78 is 13.6.